The van der Waals surface area contributed by atoms with Crippen molar-refractivity contribution >= 4 is 11.6 Å². The maximum absolute atomic E-state index is 13.4. The molecule has 3 aromatic carbocycles. The van der Waals surface area contributed by atoms with Gasteiger partial charge in [-0.05, 0) is 54.1 Å². The molecule has 0 spiro atoms. The van der Waals surface area contributed by atoms with E-state index in [0.717, 1.165) is 16.8 Å². The first-order valence-corrected chi connectivity index (χ1v) is 9.88. The number of allylic oxidation sites excluding steroid dienone is 1. The Morgan fingerprint density at radius 1 is 0.969 bits per heavy atom. The molecular weight excluding hydrogens is 405 g/mol. The minimum absolute atomic E-state index is 0.353. The minimum Gasteiger partial charge on any atom is -0.493 e. The van der Waals surface area contributed by atoms with Crippen LogP contribution < -0.4 is 9.47 Å². The molecule has 4 rings (SSSR count). The number of ether oxygens (including phenoxy) is 2. The van der Waals surface area contributed by atoms with E-state index in [1.807, 2.05) is 54.7 Å². The normalized spacial score (nSPS) is 11.1. The molecule has 0 atom stereocenters. The van der Waals surface area contributed by atoms with Crippen molar-refractivity contribution in [3.63, 3.8) is 0 Å². The Kier molecular flexibility index (Phi) is 6.00. The quantitative estimate of drug-likeness (QED) is 0.369. The highest BCUT2D eigenvalue weighted by Gasteiger charge is 2.15. The van der Waals surface area contributed by atoms with Crippen molar-refractivity contribution in [3.8, 4) is 34.5 Å². The van der Waals surface area contributed by atoms with Gasteiger partial charge in [0.05, 0.1) is 31.5 Å². The second-order valence-corrected chi connectivity index (χ2v) is 6.96. The van der Waals surface area contributed by atoms with E-state index < -0.39 is 0 Å². The Morgan fingerprint density at radius 2 is 1.69 bits per heavy atom. The van der Waals surface area contributed by atoms with E-state index in [1.54, 1.807) is 37.1 Å². The van der Waals surface area contributed by atoms with Crippen LogP contribution in [-0.2, 0) is 0 Å². The smallest absolute Gasteiger partial charge is 0.161 e. The molecule has 0 saturated heterocycles. The summed E-state index contributed by atoms with van der Waals surface area (Å²) in [7, 11) is 3.16. The van der Waals surface area contributed by atoms with E-state index in [0.29, 0.717) is 28.3 Å². The van der Waals surface area contributed by atoms with Crippen LogP contribution >= 0.6 is 0 Å². The molecule has 0 saturated carbocycles. The maximum atomic E-state index is 13.4. The summed E-state index contributed by atoms with van der Waals surface area (Å²) in [6.45, 7) is 0. The molecule has 1 aromatic heterocycles. The Balaban J connectivity index is 1.88. The topological polar surface area (TPSA) is 60.1 Å². The van der Waals surface area contributed by atoms with Gasteiger partial charge in [0, 0.05) is 17.3 Å². The van der Waals surface area contributed by atoms with Gasteiger partial charge in [-0.1, -0.05) is 30.3 Å². The second kappa shape index (κ2) is 9.19. The van der Waals surface area contributed by atoms with Crippen LogP contribution in [0, 0.1) is 17.1 Å². The van der Waals surface area contributed by atoms with E-state index in [-0.39, 0.29) is 5.82 Å². The summed E-state index contributed by atoms with van der Waals surface area (Å²) < 4.78 is 25.9. The predicted octanol–water partition coefficient (Wildman–Crippen LogP) is 5.76. The zero-order valence-electron chi connectivity index (χ0n) is 17.6. The van der Waals surface area contributed by atoms with Crippen LogP contribution in [0.2, 0.25) is 0 Å². The molecule has 4 aromatic rings. The van der Waals surface area contributed by atoms with Gasteiger partial charge < -0.3 is 9.47 Å². The highest BCUT2D eigenvalue weighted by atomic mass is 19.1. The lowest BCUT2D eigenvalue weighted by Crippen LogP contribution is -1.95. The SMILES string of the molecule is COc1ccc(-c2nn(-c3ccccc3)cc2/C=C(/C#N)c2ccc(F)cc2)cc1OC. The number of para-hydroxylation sites is 1. The number of aromatic nitrogens is 2. The molecule has 0 fully saturated rings. The standard InChI is InChI=1S/C26H20FN3O2/c1-31-24-13-10-19(15-25(24)32-2)26-21(17-30(29-26)23-6-4-3-5-7-23)14-20(16-28)18-8-11-22(27)12-9-18/h3-15,17H,1-2H3/b20-14-. The van der Waals surface area contributed by atoms with E-state index in [1.165, 1.54) is 12.1 Å². The summed E-state index contributed by atoms with van der Waals surface area (Å²) in [5.74, 6) is 0.835. The number of halogens is 1. The van der Waals surface area contributed by atoms with Crippen molar-refractivity contribution in [1.82, 2.24) is 9.78 Å². The summed E-state index contributed by atoms with van der Waals surface area (Å²) in [4.78, 5) is 0. The molecule has 0 bridgehead atoms. The number of nitriles is 1. The van der Waals surface area contributed by atoms with E-state index in [2.05, 4.69) is 6.07 Å². The molecule has 32 heavy (non-hydrogen) atoms. The third-order valence-corrected chi connectivity index (χ3v) is 5.00. The Hall–Kier alpha value is -4.37. The van der Waals surface area contributed by atoms with E-state index >= 15 is 0 Å². The van der Waals surface area contributed by atoms with Crippen LogP contribution in [0.5, 0.6) is 11.5 Å². The van der Waals surface area contributed by atoms with Gasteiger partial charge >= 0.3 is 0 Å². The lowest BCUT2D eigenvalue weighted by atomic mass is 10.0. The third kappa shape index (κ3) is 4.23. The molecule has 0 aliphatic carbocycles. The zero-order valence-corrected chi connectivity index (χ0v) is 17.6. The van der Waals surface area contributed by atoms with Crippen LogP contribution in [0.25, 0.3) is 28.6 Å². The van der Waals surface area contributed by atoms with Crippen LogP contribution in [-0.4, -0.2) is 24.0 Å². The van der Waals surface area contributed by atoms with Crippen molar-refractivity contribution in [2.24, 2.45) is 0 Å². The van der Waals surface area contributed by atoms with Crippen LogP contribution in [0.4, 0.5) is 4.39 Å². The molecule has 0 unspecified atom stereocenters. The summed E-state index contributed by atoms with van der Waals surface area (Å²) in [5.41, 5.74) is 4.12. The fourth-order valence-electron chi connectivity index (χ4n) is 3.38. The molecular formula is C26H20FN3O2. The first kappa shape index (κ1) is 20.9. The van der Waals surface area contributed by atoms with Crippen LogP contribution in [0.3, 0.4) is 0 Å². The Morgan fingerprint density at radius 3 is 2.34 bits per heavy atom. The molecule has 5 nitrogen and oxygen atoms in total. The van der Waals surface area contributed by atoms with Crippen molar-refractivity contribution in [2.45, 2.75) is 0 Å². The summed E-state index contributed by atoms with van der Waals surface area (Å²) in [6.07, 6.45) is 3.62. The number of nitrogens with zero attached hydrogens (tertiary/aromatic N) is 3. The second-order valence-electron chi connectivity index (χ2n) is 6.96. The van der Waals surface area contributed by atoms with Gasteiger partial charge in [-0.25, -0.2) is 9.07 Å². The van der Waals surface area contributed by atoms with Gasteiger partial charge in [-0.15, -0.1) is 0 Å². The lowest BCUT2D eigenvalue weighted by molar-refractivity contribution is 0.355. The van der Waals surface area contributed by atoms with Crippen molar-refractivity contribution in [2.75, 3.05) is 14.2 Å². The van der Waals surface area contributed by atoms with Gasteiger partial charge in [0.25, 0.3) is 0 Å². The van der Waals surface area contributed by atoms with Crippen molar-refractivity contribution in [3.05, 3.63) is 95.9 Å². The first-order chi connectivity index (χ1) is 15.6. The highest BCUT2D eigenvalue weighted by molar-refractivity contribution is 5.92. The number of hydrogen-bond donors (Lipinski definition) is 0. The van der Waals surface area contributed by atoms with Crippen LogP contribution in [0.15, 0.2) is 79.0 Å². The van der Waals surface area contributed by atoms with Gasteiger partial charge in [0.15, 0.2) is 11.5 Å². The molecule has 0 aliphatic rings. The monoisotopic (exact) mass is 425 g/mol. The maximum Gasteiger partial charge on any atom is 0.161 e. The summed E-state index contributed by atoms with van der Waals surface area (Å²) in [6, 6.07) is 23.3. The molecule has 6 heteroatoms. The average Bonchev–Trinajstić information content (AvgIpc) is 3.27. The van der Waals surface area contributed by atoms with Crippen LogP contribution in [0.1, 0.15) is 11.1 Å². The van der Waals surface area contributed by atoms with Gasteiger partial charge in [0.2, 0.25) is 0 Å². The molecule has 0 aliphatic heterocycles. The lowest BCUT2D eigenvalue weighted by Gasteiger charge is -2.09. The molecule has 0 amide bonds. The fourth-order valence-corrected chi connectivity index (χ4v) is 3.38. The number of hydrogen-bond acceptors (Lipinski definition) is 4. The molecule has 0 N–H and O–H groups in total. The molecule has 1 heterocycles. The summed E-state index contributed by atoms with van der Waals surface area (Å²) in [5, 5.41) is 14.6. The van der Waals surface area contributed by atoms with E-state index in [4.69, 9.17) is 14.6 Å². The average molecular weight is 425 g/mol. The summed E-state index contributed by atoms with van der Waals surface area (Å²) >= 11 is 0. The third-order valence-electron chi connectivity index (χ3n) is 5.00. The molecule has 158 valence electrons. The Labute approximate surface area is 185 Å². The largest absolute Gasteiger partial charge is 0.493 e. The number of rotatable bonds is 6. The van der Waals surface area contributed by atoms with Crippen molar-refractivity contribution in [1.29, 1.82) is 5.26 Å². The number of benzene rings is 3. The zero-order chi connectivity index (χ0) is 22.5. The van der Waals surface area contributed by atoms with Gasteiger partial charge in [0.1, 0.15) is 11.5 Å². The predicted molar refractivity (Wildman–Crippen MR) is 122 cm³/mol. The van der Waals surface area contributed by atoms with Gasteiger partial charge in [-0.2, -0.15) is 10.4 Å². The Bertz CT molecular complexity index is 1300. The van der Waals surface area contributed by atoms with Gasteiger partial charge in [-0.3, -0.25) is 0 Å². The van der Waals surface area contributed by atoms with E-state index in [9.17, 15) is 9.65 Å². The number of methoxy groups -OCH3 is 2. The highest BCUT2D eigenvalue weighted by Crippen LogP contribution is 2.34. The minimum atomic E-state index is -0.353. The molecule has 0 radical (unpaired) electrons. The fraction of sp³-hybridized carbons (Fsp3) is 0.0769. The van der Waals surface area contributed by atoms with Crippen molar-refractivity contribution < 1.29 is 13.9 Å². The first-order valence-electron chi connectivity index (χ1n) is 9.88.